The van der Waals surface area contributed by atoms with Gasteiger partial charge in [0, 0.05) is 13.0 Å². The molecule has 1 aromatic carbocycles. The van der Waals surface area contributed by atoms with Crippen molar-refractivity contribution >= 4 is 18.1 Å². The van der Waals surface area contributed by atoms with Gasteiger partial charge in [-0.15, -0.1) is 0 Å². The first kappa shape index (κ1) is 21.7. The fraction of sp³-hybridized carbons (Fsp3) is 0.478. The molecule has 2 aliphatic rings. The van der Waals surface area contributed by atoms with Crippen LogP contribution in [0.2, 0.25) is 0 Å². The topological polar surface area (TPSA) is 68.3 Å². The number of fused-ring (bicyclic) bond motifs is 1. The molecule has 1 amide bonds. The highest BCUT2D eigenvalue weighted by Gasteiger charge is 2.42. The fourth-order valence-electron chi connectivity index (χ4n) is 3.92. The van der Waals surface area contributed by atoms with Crippen LogP contribution in [0.3, 0.4) is 0 Å². The number of carbonyl (C=O) groups is 2. The minimum absolute atomic E-state index is 0.319. The first-order valence-electron chi connectivity index (χ1n) is 10.0. The Bertz CT molecular complexity index is 858. The summed E-state index contributed by atoms with van der Waals surface area (Å²) in [5.74, 6) is -0.0444. The summed E-state index contributed by atoms with van der Waals surface area (Å²) in [4.78, 5) is 28.5. The Hall–Kier alpha value is -2.96. The summed E-state index contributed by atoms with van der Waals surface area (Å²) in [6.07, 6.45) is 1.25. The zero-order valence-electron chi connectivity index (χ0n) is 18.1. The lowest BCUT2D eigenvalue weighted by molar-refractivity contribution is -0.146. The van der Waals surface area contributed by atoms with E-state index >= 15 is 0 Å². The van der Waals surface area contributed by atoms with Gasteiger partial charge in [0.05, 0.1) is 20.2 Å². The third kappa shape index (κ3) is 4.61. The highest BCUT2D eigenvalue weighted by atomic mass is 16.6. The van der Waals surface area contributed by atoms with Gasteiger partial charge < -0.3 is 19.1 Å². The van der Waals surface area contributed by atoms with Crippen molar-refractivity contribution in [2.45, 2.75) is 58.0 Å². The van der Waals surface area contributed by atoms with E-state index in [-0.39, 0.29) is 0 Å². The third-order valence-corrected chi connectivity index (χ3v) is 5.25. The van der Waals surface area contributed by atoms with Crippen molar-refractivity contribution in [2.75, 3.05) is 13.7 Å². The summed E-state index contributed by atoms with van der Waals surface area (Å²) in [5, 5.41) is 0. The number of nitrogens with zero attached hydrogens (tertiary/aromatic N) is 2. The zero-order valence-corrected chi connectivity index (χ0v) is 18.1. The van der Waals surface area contributed by atoms with Crippen LogP contribution in [-0.2, 0) is 32.1 Å². The maximum Gasteiger partial charge on any atom is 0.410 e. The molecule has 2 atom stereocenters. The van der Waals surface area contributed by atoms with E-state index in [2.05, 4.69) is 13.2 Å². The summed E-state index contributed by atoms with van der Waals surface area (Å²) in [6.45, 7) is 14.8. The molecule has 7 nitrogen and oxygen atoms in total. The maximum atomic E-state index is 12.8. The van der Waals surface area contributed by atoms with Crippen LogP contribution in [0, 0.1) is 0 Å². The zero-order chi connectivity index (χ0) is 22.1. The number of esters is 1. The highest BCUT2D eigenvalue weighted by molar-refractivity contribution is 5.77. The minimum Gasteiger partial charge on any atom is -0.474 e. The lowest BCUT2D eigenvalue weighted by Crippen LogP contribution is -2.38. The molecule has 0 saturated carbocycles. The molecule has 2 aliphatic heterocycles. The van der Waals surface area contributed by atoms with Gasteiger partial charge in [0.1, 0.15) is 17.7 Å². The Morgan fingerprint density at radius 2 is 1.97 bits per heavy atom. The molecule has 0 radical (unpaired) electrons. The minimum atomic E-state index is -0.606. The molecule has 1 fully saturated rings. The number of benzene rings is 1. The number of amides is 1. The van der Waals surface area contributed by atoms with Gasteiger partial charge in [-0.25, -0.2) is 9.59 Å². The van der Waals surface area contributed by atoms with Crippen molar-refractivity contribution in [3.05, 3.63) is 53.9 Å². The average Bonchev–Trinajstić information content (AvgIpc) is 3.30. The van der Waals surface area contributed by atoms with E-state index in [0.717, 1.165) is 16.7 Å². The largest absolute Gasteiger partial charge is 0.474 e. The Kier molecular flexibility index (Phi) is 6.10. The van der Waals surface area contributed by atoms with Crippen LogP contribution < -0.4 is 0 Å². The van der Waals surface area contributed by atoms with Crippen LogP contribution in [0.15, 0.2) is 37.2 Å². The van der Waals surface area contributed by atoms with Gasteiger partial charge >= 0.3 is 12.1 Å². The maximum absolute atomic E-state index is 12.8. The molecule has 7 heteroatoms. The Balaban J connectivity index is 1.66. The van der Waals surface area contributed by atoms with Crippen LogP contribution in [0.4, 0.5) is 4.79 Å². The SMILES string of the molecule is C=Cc1cccc2c1CN(C(=O)O[C@@H]1C[C@@H](C(=O)OC)N(C(=C)OC(C)(C)C)C1)C2. The van der Waals surface area contributed by atoms with E-state index < -0.39 is 29.8 Å². The second-order valence-electron chi connectivity index (χ2n) is 8.59. The Morgan fingerprint density at radius 1 is 1.23 bits per heavy atom. The average molecular weight is 415 g/mol. The summed E-state index contributed by atoms with van der Waals surface area (Å²) in [5.41, 5.74) is 2.75. The number of ether oxygens (including phenoxy) is 3. The first-order valence-corrected chi connectivity index (χ1v) is 10.0. The monoisotopic (exact) mass is 414 g/mol. The van der Waals surface area contributed by atoms with E-state index in [4.69, 9.17) is 14.2 Å². The van der Waals surface area contributed by atoms with Crippen LogP contribution >= 0.6 is 0 Å². The molecule has 3 rings (SSSR count). The molecule has 0 unspecified atom stereocenters. The highest BCUT2D eigenvalue weighted by Crippen LogP contribution is 2.30. The number of hydrogen-bond acceptors (Lipinski definition) is 6. The molecular weight excluding hydrogens is 384 g/mol. The second kappa shape index (κ2) is 8.42. The fourth-order valence-corrected chi connectivity index (χ4v) is 3.92. The first-order chi connectivity index (χ1) is 14.1. The smallest absolute Gasteiger partial charge is 0.410 e. The van der Waals surface area contributed by atoms with Crippen LogP contribution in [0.5, 0.6) is 0 Å². The quantitative estimate of drug-likeness (QED) is 0.541. The Morgan fingerprint density at radius 3 is 2.60 bits per heavy atom. The molecule has 30 heavy (non-hydrogen) atoms. The molecule has 0 bridgehead atoms. The van der Waals surface area contributed by atoms with Gasteiger partial charge in [-0.2, -0.15) is 0 Å². The molecule has 1 aromatic rings. The van der Waals surface area contributed by atoms with Gasteiger partial charge in [0.25, 0.3) is 0 Å². The molecule has 162 valence electrons. The van der Waals surface area contributed by atoms with Crippen LogP contribution in [0.1, 0.15) is 43.9 Å². The summed E-state index contributed by atoms with van der Waals surface area (Å²) in [7, 11) is 1.34. The van der Waals surface area contributed by atoms with E-state index in [1.807, 2.05) is 39.0 Å². The van der Waals surface area contributed by atoms with Crippen LogP contribution in [0.25, 0.3) is 6.08 Å². The normalized spacial score (nSPS) is 20.5. The second-order valence-corrected chi connectivity index (χ2v) is 8.59. The summed E-state index contributed by atoms with van der Waals surface area (Å²) in [6, 6.07) is 5.35. The lowest BCUT2D eigenvalue weighted by Gasteiger charge is -2.31. The van der Waals surface area contributed by atoms with E-state index in [1.54, 1.807) is 15.9 Å². The molecule has 1 saturated heterocycles. The van der Waals surface area contributed by atoms with Crippen molar-refractivity contribution in [3.8, 4) is 0 Å². The lowest BCUT2D eigenvalue weighted by atomic mass is 10.0. The van der Waals surface area contributed by atoms with Crippen molar-refractivity contribution in [3.63, 3.8) is 0 Å². The third-order valence-electron chi connectivity index (χ3n) is 5.25. The van der Waals surface area contributed by atoms with Gasteiger partial charge in [-0.05, 0) is 44.0 Å². The van der Waals surface area contributed by atoms with E-state index in [9.17, 15) is 9.59 Å². The summed E-state index contributed by atoms with van der Waals surface area (Å²) < 4.78 is 16.5. The van der Waals surface area contributed by atoms with Crippen molar-refractivity contribution < 1.29 is 23.8 Å². The standard InChI is InChI=1S/C23H30N2O5/c1-7-16-9-8-10-17-12-24(14-19(16)17)22(27)29-18-11-20(21(26)28-6)25(13-18)15(2)30-23(3,4)5/h7-10,18,20H,1-2,11-14H2,3-6H3/t18-,20+/m1/s1. The number of carbonyl (C=O) groups excluding carboxylic acids is 2. The molecule has 0 aliphatic carbocycles. The van der Waals surface area contributed by atoms with E-state index in [1.165, 1.54) is 7.11 Å². The van der Waals surface area contributed by atoms with Gasteiger partial charge in [-0.3, -0.25) is 4.90 Å². The van der Waals surface area contributed by atoms with Crippen molar-refractivity contribution in [1.82, 2.24) is 9.80 Å². The number of likely N-dealkylation sites (tertiary alicyclic amines) is 1. The number of hydrogen-bond donors (Lipinski definition) is 0. The van der Waals surface area contributed by atoms with Crippen molar-refractivity contribution in [2.24, 2.45) is 0 Å². The Labute approximate surface area is 177 Å². The van der Waals surface area contributed by atoms with Gasteiger partial charge in [-0.1, -0.05) is 30.9 Å². The predicted octanol–water partition coefficient (Wildman–Crippen LogP) is 3.68. The molecular formula is C23H30N2O5. The van der Waals surface area contributed by atoms with Crippen LogP contribution in [-0.4, -0.2) is 53.3 Å². The molecule has 0 spiro atoms. The molecule has 0 N–H and O–H groups in total. The molecule has 2 heterocycles. The predicted molar refractivity (Wildman–Crippen MR) is 113 cm³/mol. The van der Waals surface area contributed by atoms with Gasteiger partial charge in [0.2, 0.25) is 0 Å². The van der Waals surface area contributed by atoms with E-state index in [0.29, 0.717) is 31.9 Å². The molecule has 0 aromatic heterocycles. The number of rotatable bonds is 5. The van der Waals surface area contributed by atoms with Crippen molar-refractivity contribution in [1.29, 1.82) is 0 Å². The number of methoxy groups -OCH3 is 1. The van der Waals surface area contributed by atoms with Gasteiger partial charge in [0.15, 0.2) is 5.88 Å². The summed E-state index contributed by atoms with van der Waals surface area (Å²) >= 11 is 0.